The number of para-hydroxylation sites is 1. The van der Waals surface area contributed by atoms with Crippen LogP contribution in [0.15, 0.2) is 58.0 Å². The van der Waals surface area contributed by atoms with Gasteiger partial charge < -0.3 is 9.84 Å². The molecule has 6 nitrogen and oxygen atoms in total. The van der Waals surface area contributed by atoms with E-state index in [4.69, 9.17) is 24.5 Å². The predicted octanol–water partition coefficient (Wildman–Crippen LogP) is 4.25. The molecular formula is C18H16BrF3N2O4. The first-order chi connectivity index (χ1) is 13.1. The lowest BCUT2D eigenvalue weighted by Gasteiger charge is -2.33. The molecule has 2 N–H and O–H groups in total. The summed E-state index contributed by atoms with van der Waals surface area (Å²) in [6.45, 7) is 1.93. The second kappa shape index (κ2) is 8.61. The van der Waals surface area contributed by atoms with Crippen LogP contribution in [-0.4, -0.2) is 30.2 Å². The van der Waals surface area contributed by atoms with Crippen molar-refractivity contribution in [1.29, 1.82) is 0 Å². The second-order valence-corrected chi connectivity index (χ2v) is 6.58. The summed E-state index contributed by atoms with van der Waals surface area (Å²) in [6, 6.07) is 15.7. The molecule has 10 heteroatoms. The van der Waals surface area contributed by atoms with Gasteiger partial charge in [-0.05, 0) is 24.3 Å². The zero-order chi connectivity index (χ0) is 20.9. The number of hydrogen-bond acceptors (Lipinski definition) is 5. The van der Waals surface area contributed by atoms with Gasteiger partial charge in [-0.25, -0.2) is 15.3 Å². The second-order valence-electron chi connectivity index (χ2n) is 5.66. The van der Waals surface area contributed by atoms with Gasteiger partial charge in [0.1, 0.15) is 5.75 Å². The summed E-state index contributed by atoms with van der Waals surface area (Å²) in [5, 5.41) is 7.12. The van der Waals surface area contributed by atoms with E-state index in [1.54, 1.807) is 7.11 Å². The number of hydroxylamine groups is 1. The van der Waals surface area contributed by atoms with Gasteiger partial charge in [0.05, 0.1) is 12.7 Å². The molecule has 0 radical (unpaired) electrons. The number of benzene rings is 2. The van der Waals surface area contributed by atoms with E-state index in [0.717, 1.165) is 21.3 Å². The van der Waals surface area contributed by atoms with Crippen molar-refractivity contribution in [3.8, 4) is 5.75 Å². The average Bonchev–Trinajstić information content (AvgIpc) is 2.61. The van der Waals surface area contributed by atoms with E-state index < -0.39 is 17.9 Å². The number of aliphatic carboxylic acids is 1. The van der Waals surface area contributed by atoms with Crippen molar-refractivity contribution in [2.75, 3.05) is 7.11 Å². The minimum atomic E-state index is -5.08. The topological polar surface area (TPSA) is 80.1 Å². The van der Waals surface area contributed by atoms with Gasteiger partial charge in [-0.15, -0.1) is 0 Å². The van der Waals surface area contributed by atoms with Gasteiger partial charge in [-0.1, -0.05) is 40.2 Å². The van der Waals surface area contributed by atoms with Crippen molar-refractivity contribution in [3.05, 3.63) is 64.1 Å². The third kappa shape index (κ3) is 5.23. The van der Waals surface area contributed by atoms with E-state index in [2.05, 4.69) is 21.4 Å². The molecule has 2 aromatic rings. The molecule has 28 heavy (non-hydrogen) atoms. The fourth-order valence-corrected chi connectivity index (χ4v) is 2.74. The van der Waals surface area contributed by atoms with E-state index in [1.807, 2.05) is 55.5 Å². The molecule has 0 saturated carbocycles. The molecule has 3 rings (SSSR count). The Morgan fingerprint density at radius 2 is 1.89 bits per heavy atom. The number of aliphatic imine (C=N–C) groups is 1. The standard InChI is InChI=1S/C16H15BrN2O2.C2HF3O2/c1-16(11-6-5-7-12(17)10-11)18-15(19-20-2)13-8-3-4-9-14(13)21-16;3-2(4,5)1(6)7/h3-10H,1-2H3,(H,18,19);(H,6,7). The van der Waals surface area contributed by atoms with Crippen molar-refractivity contribution in [2.24, 2.45) is 4.99 Å². The third-order valence-corrected chi connectivity index (χ3v) is 4.07. The van der Waals surface area contributed by atoms with Crippen LogP contribution in [0.3, 0.4) is 0 Å². The molecule has 1 aliphatic heterocycles. The van der Waals surface area contributed by atoms with Gasteiger partial charge in [0.25, 0.3) is 0 Å². The van der Waals surface area contributed by atoms with Crippen molar-refractivity contribution >= 4 is 27.7 Å². The molecule has 0 spiro atoms. The number of fused-ring (bicyclic) bond motifs is 1. The first kappa shape index (κ1) is 21.7. The lowest BCUT2D eigenvalue weighted by molar-refractivity contribution is -0.192. The normalized spacial score (nSPS) is 18.0. The number of nitrogens with one attached hydrogen (secondary N) is 1. The summed E-state index contributed by atoms with van der Waals surface area (Å²) in [5.41, 5.74) is 3.87. The van der Waals surface area contributed by atoms with Crippen molar-refractivity contribution in [1.82, 2.24) is 5.48 Å². The molecular weight excluding hydrogens is 445 g/mol. The molecule has 2 aromatic carbocycles. The van der Waals surface area contributed by atoms with Gasteiger partial charge in [0.15, 0.2) is 5.84 Å². The Balaban J connectivity index is 0.000000345. The predicted molar refractivity (Wildman–Crippen MR) is 98.9 cm³/mol. The molecule has 0 amide bonds. The SMILES string of the molecule is CONC1=NC(C)(c2cccc(Br)c2)Oc2ccccc21.O=C(O)C(F)(F)F. The van der Waals surface area contributed by atoms with Crippen LogP contribution in [-0.2, 0) is 15.4 Å². The first-order valence-electron chi connectivity index (χ1n) is 7.80. The summed E-state index contributed by atoms with van der Waals surface area (Å²) >= 11 is 3.49. The smallest absolute Gasteiger partial charge is 0.475 e. The molecule has 0 aliphatic carbocycles. The van der Waals surface area contributed by atoms with E-state index in [-0.39, 0.29) is 0 Å². The number of carbonyl (C=O) groups is 1. The van der Waals surface area contributed by atoms with Crippen molar-refractivity contribution in [3.63, 3.8) is 0 Å². The van der Waals surface area contributed by atoms with Crippen LogP contribution in [0.5, 0.6) is 5.75 Å². The Morgan fingerprint density at radius 1 is 1.25 bits per heavy atom. The zero-order valence-corrected chi connectivity index (χ0v) is 16.3. The number of ether oxygens (including phenoxy) is 1. The van der Waals surface area contributed by atoms with Crippen LogP contribution in [0.4, 0.5) is 13.2 Å². The van der Waals surface area contributed by atoms with E-state index in [0.29, 0.717) is 5.84 Å². The fourth-order valence-electron chi connectivity index (χ4n) is 2.34. The number of hydrogen-bond donors (Lipinski definition) is 2. The summed E-state index contributed by atoms with van der Waals surface area (Å²) < 4.78 is 38.9. The molecule has 150 valence electrons. The Kier molecular flexibility index (Phi) is 6.68. The van der Waals surface area contributed by atoms with Crippen LogP contribution in [0.25, 0.3) is 0 Å². The first-order valence-corrected chi connectivity index (χ1v) is 8.59. The minimum absolute atomic E-state index is 0.654. The molecule has 0 saturated heterocycles. The molecule has 1 unspecified atom stereocenters. The maximum atomic E-state index is 10.6. The number of rotatable bonds is 2. The highest BCUT2D eigenvalue weighted by molar-refractivity contribution is 9.10. The number of carboxylic acid groups (broad SMARTS) is 1. The monoisotopic (exact) mass is 460 g/mol. The van der Waals surface area contributed by atoms with Gasteiger partial charge in [-0.3, -0.25) is 4.84 Å². The Labute approximate surface area is 167 Å². The number of alkyl halides is 3. The van der Waals surface area contributed by atoms with Crippen LogP contribution < -0.4 is 10.2 Å². The number of carboxylic acids is 1. The Morgan fingerprint density at radius 3 is 2.46 bits per heavy atom. The van der Waals surface area contributed by atoms with Crippen LogP contribution >= 0.6 is 15.9 Å². The van der Waals surface area contributed by atoms with Gasteiger partial charge in [0, 0.05) is 17.0 Å². The minimum Gasteiger partial charge on any atom is -0.475 e. The summed E-state index contributed by atoms with van der Waals surface area (Å²) in [5.74, 6) is -1.33. The molecule has 1 atom stereocenters. The Bertz CT molecular complexity index is 889. The number of halogens is 4. The third-order valence-electron chi connectivity index (χ3n) is 3.58. The molecule has 1 heterocycles. The molecule has 1 aliphatic rings. The largest absolute Gasteiger partial charge is 0.490 e. The summed E-state index contributed by atoms with van der Waals surface area (Å²) in [7, 11) is 1.57. The molecule has 0 fully saturated rings. The highest BCUT2D eigenvalue weighted by Crippen LogP contribution is 2.36. The lowest BCUT2D eigenvalue weighted by Crippen LogP contribution is -2.37. The van der Waals surface area contributed by atoms with E-state index in [9.17, 15) is 13.2 Å². The maximum absolute atomic E-state index is 10.6. The maximum Gasteiger partial charge on any atom is 0.490 e. The summed E-state index contributed by atoms with van der Waals surface area (Å²) in [4.78, 5) is 18.6. The fraction of sp³-hybridized carbons (Fsp3) is 0.222. The quantitative estimate of drug-likeness (QED) is 0.655. The zero-order valence-electron chi connectivity index (χ0n) is 14.7. The lowest BCUT2D eigenvalue weighted by atomic mass is 10.0. The van der Waals surface area contributed by atoms with Crippen LogP contribution in [0, 0.1) is 0 Å². The van der Waals surface area contributed by atoms with E-state index >= 15 is 0 Å². The van der Waals surface area contributed by atoms with Crippen molar-refractivity contribution in [2.45, 2.75) is 18.8 Å². The molecule has 0 aromatic heterocycles. The Hall–Kier alpha value is -2.59. The number of amidine groups is 1. The average molecular weight is 461 g/mol. The highest BCUT2D eigenvalue weighted by Gasteiger charge is 2.38. The van der Waals surface area contributed by atoms with E-state index in [1.165, 1.54) is 0 Å². The van der Waals surface area contributed by atoms with Crippen LogP contribution in [0.2, 0.25) is 0 Å². The van der Waals surface area contributed by atoms with Gasteiger partial charge >= 0.3 is 12.1 Å². The van der Waals surface area contributed by atoms with Gasteiger partial charge in [0.2, 0.25) is 5.72 Å². The summed E-state index contributed by atoms with van der Waals surface area (Å²) in [6.07, 6.45) is -5.08. The molecule has 0 bridgehead atoms. The van der Waals surface area contributed by atoms with Crippen LogP contribution in [0.1, 0.15) is 18.1 Å². The van der Waals surface area contributed by atoms with Crippen molar-refractivity contribution < 1.29 is 32.6 Å². The highest BCUT2D eigenvalue weighted by atomic mass is 79.9. The number of nitrogens with zero attached hydrogens (tertiary/aromatic N) is 1. The van der Waals surface area contributed by atoms with Gasteiger partial charge in [-0.2, -0.15) is 13.2 Å².